The number of alkyl halides is 4. The number of halogens is 4. The van der Waals surface area contributed by atoms with E-state index in [-0.39, 0.29) is 0 Å². The molecule has 9 heavy (non-hydrogen) atoms. The predicted octanol–water partition coefficient (Wildman–Crippen LogP) is 1.71. The molecule has 1 rings (SSSR count). The first-order valence-electron chi connectivity index (χ1n) is 2.02. The minimum absolute atomic E-state index is 0.714. The fraction of sp³-hybridized carbons (Fsp3) is 1.00. The summed E-state index contributed by atoms with van der Waals surface area (Å²) in [7, 11) is 0. The Morgan fingerprint density at radius 2 is 1.89 bits per heavy atom. The molecule has 1 heterocycles. The van der Waals surface area contributed by atoms with Crippen LogP contribution >= 0.6 is 23.2 Å². The average Bonchev–Trinajstić information content (AvgIpc) is 1.81. The highest BCUT2D eigenvalue weighted by atomic mass is 35.5. The molecule has 1 aliphatic heterocycles. The van der Waals surface area contributed by atoms with Gasteiger partial charge in [0.1, 0.15) is 6.61 Å². The van der Waals surface area contributed by atoms with Gasteiger partial charge >= 0.3 is 5.31 Å². The monoisotopic (exact) mass is 178 g/mol. The lowest BCUT2D eigenvalue weighted by atomic mass is 10.4. The van der Waals surface area contributed by atoms with Crippen LogP contribution in [-0.4, -0.2) is 17.0 Å². The minimum Gasteiger partial charge on any atom is -0.227 e. The summed E-state index contributed by atoms with van der Waals surface area (Å²) in [6.45, 7) is -0.714. The van der Waals surface area contributed by atoms with Crippen LogP contribution in [0.1, 0.15) is 0 Å². The fourth-order valence-electron chi connectivity index (χ4n) is 0.322. The van der Waals surface area contributed by atoms with E-state index < -0.39 is 17.0 Å². The van der Waals surface area contributed by atoms with Crippen LogP contribution in [0.4, 0.5) is 8.78 Å². The maximum Gasteiger partial charge on any atom is 0.364 e. The average molecular weight is 179 g/mol. The minimum atomic E-state index is -3.06. The molecule has 0 bridgehead atoms. The maximum atomic E-state index is 12.4. The summed E-state index contributed by atoms with van der Waals surface area (Å²) >= 11 is 9.57. The van der Waals surface area contributed by atoms with Gasteiger partial charge < -0.3 is 0 Å². The SMILES string of the molecule is FC1(Cl)COOC1(F)Cl. The van der Waals surface area contributed by atoms with Crippen molar-refractivity contribution in [2.24, 2.45) is 0 Å². The third kappa shape index (κ3) is 1.12. The van der Waals surface area contributed by atoms with Crippen LogP contribution in [0, 0.1) is 0 Å². The molecule has 2 unspecified atom stereocenters. The Hall–Kier alpha value is 0.360. The quantitative estimate of drug-likeness (QED) is 0.416. The smallest absolute Gasteiger partial charge is 0.227 e. The fourth-order valence-corrected chi connectivity index (χ4v) is 0.498. The van der Waals surface area contributed by atoms with Gasteiger partial charge in [-0.1, -0.05) is 11.6 Å². The molecule has 0 radical (unpaired) electrons. The molecule has 0 saturated carbocycles. The summed E-state index contributed by atoms with van der Waals surface area (Å²) in [4.78, 5) is 7.51. The zero-order valence-electron chi connectivity index (χ0n) is 4.04. The van der Waals surface area contributed by atoms with Gasteiger partial charge in [0.2, 0.25) is 0 Å². The molecule has 2 atom stereocenters. The van der Waals surface area contributed by atoms with E-state index in [1.54, 1.807) is 0 Å². The normalized spacial score (nSPS) is 52.0. The zero-order valence-corrected chi connectivity index (χ0v) is 5.55. The van der Waals surface area contributed by atoms with Crippen molar-refractivity contribution in [2.45, 2.75) is 10.4 Å². The van der Waals surface area contributed by atoms with E-state index in [1.165, 1.54) is 0 Å². The largest absolute Gasteiger partial charge is 0.364 e. The van der Waals surface area contributed by atoms with Crippen LogP contribution in [0.3, 0.4) is 0 Å². The Kier molecular flexibility index (Phi) is 1.59. The van der Waals surface area contributed by atoms with Crippen molar-refractivity contribution in [1.82, 2.24) is 0 Å². The molecule has 0 aliphatic carbocycles. The van der Waals surface area contributed by atoms with Gasteiger partial charge in [0, 0.05) is 0 Å². The van der Waals surface area contributed by atoms with Crippen LogP contribution < -0.4 is 0 Å². The second-order valence-electron chi connectivity index (χ2n) is 1.57. The van der Waals surface area contributed by atoms with Crippen LogP contribution in [-0.2, 0) is 9.78 Å². The molecular formula is C3H2Cl2F2O2. The first-order valence-corrected chi connectivity index (χ1v) is 2.77. The Bertz CT molecular complexity index is 113. The predicted molar refractivity (Wildman–Crippen MR) is 26.4 cm³/mol. The maximum absolute atomic E-state index is 12.4. The molecule has 1 saturated heterocycles. The Labute approximate surface area is 59.6 Å². The standard InChI is InChI=1S/C3H2Cl2F2O2/c4-2(6)1-8-9-3(2,5)7/h1H2. The topological polar surface area (TPSA) is 18.5 Å². The summed E-state index contributed by atoms with van der Waals surface area (Å²) in [5, 5.41) is -5.84. The van der Waals surface area contributed by atoms with Gasteiger partial charge in [-0.25, -0.2) is 9.28 Å². The molecule has 0 N–H and O–H groups in total. The molecule has 2 nitrogen and oxygen atoms in total. The lowest BCUT2D eigenvalue weighted by Crippen LogP contribution is -2.35. The molecule has 54 valence electrons. The van der Waals surface area contributed by atoms with Crippen molar-refractivity contribution >= 4 is 23.2 Å². The summed E-state index contributed by atoms with van der Waals surface area (Å²) in [6, 6.07) is 0. The highest BCUT2D eigenvalue weighted by Gasteiger charge is 2.59. The van der Waals surface area contributed by atoms with Crippen molar-refractivity contribution < 1.29 is 18.6 Å². The van der Waals surface area contributed by atoms with Crippen LogP contribution in [0.2, 0.25) is 0 Å². The lowest BCUT2D eigenvalue weighted by molar-refractivity contribution is -0.318. The lowest BCUT2D eigenvalue weighted by Gasteiger charge is -2.14. The summed E-state index contributed by atoms with van der Waals surface area (Å²) in [6.07, 6.45) is 0. The molecule has 6 heteroatoms. The number of hydrogen-bond donors (Lipinski definition) is 0. The first-order chi connectivity index (χ1) is 3.96. The molecule has 1 fully saturated rings. The Morgan fingerprint density at radius 1 is 1.33 bits per heavy atom. The first kappa shape index (κ1) is 7.47. The summed E-state index contributed by atoms with van der Waals surface area (Å²) in [5.41, 5.74) is 0. The highest BCUT2D eigenvalue weighted by molar-refractivity contribution is 6.32. The number of hydrogen-bond acceptors (Lipinski definition) is 2. The van der Waals surface area contributed by atoms with E-state index in [9.17, 15) is 8.78 Å². The molecule has 0 aromatic heterocycles. The molecule has 0 aromatic rings. The van der Waals surface area contributed by atoms with Crippen molar-refractivity contribution in [1.29, 1.82) is 0 Å². The summed E-state index contributed by atoms with van der Waals surface area (Å²) in [5.74, 6) is 0. The zero-order chi connectivity index (χ0) is 7.12. The third-order valence-corrected chi connectivity index (χ3v) is 1.64. The van der Waals surface area contributed by atoms with Gasteiger partial charge in [-0.05, 0) is 11.6 Å². The van der Waals surface area contributed by atoms with Crippen molar-refractivity contribution in [2.75, 3.05) is 6.61 Å². The number of rotatable bonds is 0. The van der Waals surface area contributed by atoms with E-state index in [1.807, 2.05) is 0 Å². The van der Waals surface area contributed by atoms with Gasteiger partial charge in [0.05, 0.1) is 0 Å². The van der Waals surface area contributed by atoms with E-state index >= 15 is 0 Å². The van der Waals surface area contributed by atoms with E-state index in [2.05, 4.69) is 9.78 Å². The van der Waals surface area contributed by atoms with E-state index in [0.29, 0.717) is 0 Å². The molecule has 0 spiro atoms. The van der Waals surface area contributed by atoms with Crippen molar-refractivity contribution in [3.05, 3.63) is 0 Å². The Balaban J connectivity index is 2.75. The van der Waals surface area contributed by atoms with Gasteiger partial charge in [-0.3, -0.25) is 0 Å². The second kappa shape index (κ2) is 1.92. The van der Waals surface area contributed by atoms with E-state index in [4.69, 9.17) is 23.2 Å². The van der Waals surface area contributed by atoms with Gasteiger partial charge in [0.15, 0.2) is 0 Å². The van der Waals surface area contributed by atoms with Crippen molar-refractivity contribution in [3.63, 3.8) is 0 Å². The van der Waals surface area contributed by atoms with Gasteiger partial charge in [-0.15, -0.1) is 0 Å². The van der Waals surface area contributed by atoms with E-state index in [0.717, 1.165) is 0 Å². The second-order valence-corrected chi connectivity index (χ2v) is 2.65. The van der Waals surface area contributed by atoms with Crippen LogP contribution in [0.15, 0.2) is 0 Å². The highest BCUT2D eigenvalue weighted by Crippen LogP contribution is 2.44. The molecule has 1 aliphatic rings. The van der Waals surface area contributed by atoms with Crippen LogP contribution in [0.5, 0.6) is 0 Å². The molecule has 0 amide bonds. The van der Waals surface area contributed by atoms with Gasteiger partial charge in [-0.2, -0.15) is 9.28 Å². The Morgan fingerprint density at radius 3 is 2.00 bits per heavy atom. The van der Waals surface area contributed by atoms with Gasteiger partial charge in [0.25, 0.3) is 5.13 Å². The third-order valence-electron chi connectivity index (χ3n) is 0.830. The molecule has 0 aromatic carbocycles. The molecular weight excluding hydrogens is 177 g/mol. The summed E-state index contributed by atoms with van der Waals surface area (Å²) < 4.78 is 24.7. The van der Waals surface area contributed by atoms with Crippen LogP contribution in [0.25, 0.3) is 0 Å². The van der Waals surface area contributed by atoms with Crippen molar-refractivity contribution in [3.8, 4) is 0 Å².